The van der Waals surface area contributed by atoms with Gasteiger partial charge >= 0.3 is 21.3 Å². The molecule has 0 bridgehead atoms. The Morgan fingerprint density at radius 3 is 2.31 bits per heavy atom. The van der Waals surface area contributed by atoms with Crippen LogP contribution in [-0.4, -0.2) is 48.3 Å². The Balaban J connectivity index is 4.75. The van der Waals surface area contributed by atoms with Gasteiger partial charge in [0.15, 0.2) is 0 Å². The molecular weight excluding hydrogens is 254 g/mol. The van der Waals surface area contributed by atoms with E-state index in [4.69, 9.17) is 9.66 Å². The summed E-state index contributed by atoms with van der Waals surface area (Å²) in [6.45, 7) is -0.938. The molecule has 0 rings (SSSR count). The largest absolute Gasteiger partial charge is 0.465 e. The van der Waals surface area contributed by atoms with Crippen LogP contribution < -0.4 is 0 Å². The van der Waals surface area contributed by atoms with E-state index >= 15 is 0 Å². The van der Waals surface area contributed by atoms with Crippen LogP contribution in [0.3, 0.4) is 0 Å². The zero-order chi connectivity index (χ0) is 13.0. The number of carbonyl (C=O) groups excluding carboxylic acids is 2. The van der Waals surface area contributed by atoms with Gasteiger partial charge in [-0.1, -0.05) is 0 Å². The van der Waals surface area contributed by atoms with Crippen LogP contribution >= 0.6 is 0 Å². The van der Waals surface area contributed by atoms with Crippen molar-refractivity contribution >= 4 is 22.4 Å². The van der Waals surface area contributed by atoms with Gasteiger partial charge in [-0.2, -0.15) is 17.2 Å². The predicted octanol–water partition coefficient (Wildman–Crippen LogP) is -1.04. The number of rotatable bonds is 6. The van der Waals surface area contributed by atoms with Crippen LogP contribution in [0.5, 0.6) is 0 Å². The molecule has 0 aromatic heterocycles. The third-order valence-corrected chi connectivity index (χ3v) is 2.21. The van der Waals surface area contributed by atoms with Gasteiger partial charge in [0.25, 0.3) is 0 Å². The quantitative estimate of drug-likeness (QED) is 0.356. The van der Waals surface area contributed by atoms with Gasteiger partial charge < -0.3 is 14.6 Å². The maximum absolute atomic E-state index is 12.6. The number of alkyl halides is 2. The molecule has 0 aliphatic carbocycles. The van der Waals surface area contributed by atoms with E-state index in [2.05, 4.69) is 4.74 Å². The predicted molar refractivity (Wildman–Crippen MR) is 44.1 cm³/mol. The number of hydrogen-bond acceptors (Lipinski definition) is 6. The highest BCUT2D eigenvalue weighted by atomic mass is 32.2. The van der Waals surface area contributed by atoms with Crippen LogP contribution in [0.15, 0.2) is 0 Å². The average molecular weight is 262 g/mol. The lowest BCUT2D eigenvalue weighted by molar-refractivity contribution is -0.169. The Kier molecular flexibility index (Phi) is 4.90. The molecule has 0 saturated heterocycles. The number of hydrogen-bond donors (Lipinski definition) is 2. The normalized spacial score (nSPS) is 14.2. The maximum Gasteiger partial charge on any atom is 0.465 e. The summed E-state index contributed by atoms with van der Waals surface area (Å²) in [5, 5.41) is 3.35. The van der Waals surface area contributed by atoms with Crippen molar-refractivity contribution in [3.8, 4) is 0 Å². The van der Waals surface area contributed by atoms with Gasteiger partial charge in [0.1, 0.15) is 12.4 Å². The molecule has 0 aromatic rings. The number of halogens is 2. The van der Waals surface area contributed by atoms with E-state index < -0.39 is 40.5 Å². The highest BCUT2D eigenvalue weighted by Gasteiger charge is 2.54. The molecular formula is C6H8F2O7S. The lowest BCUT2D eigenvalue weighted by Crippen LogP contribution is -2.41. The smallest absolute Gasteiger partial charge is 0.454 e. The second-order valence-corrected chi connectivity index (χ2v) is 4.07. The Labute approximate surface area is 88.8 Å². The van der Waals surface area contributed by atoms with Crippen molar-refractivity contribution in [3.05, 3.63) is 0 Å². The van der Waals surface area contributed by atoms with Crippen LogP contribution in [0.25, 0.3) is 0 Å². The summed E-state index contributed by atoms with van der Waals surface area (Å²) in [5.74, 6) is -2.56. The molecule has 7 nitrogen and oxygen atoms in total. The minimum absolute atomic E-state index is 0.180. The molecule has 0 saturated carbocycles. The van der Waals surface area contributed by atoms with Crippen molar-refractivity contribution in [1.82, 2.24) is 0 Å². The molecule has 16 heavy (non-hydrogen) atoms. The molecule has 0 spiro atoms. The topological polar surface area (TPSA) is 118 Å². The van der Waals surface area contributed by atoms with E-state index in [0.717, 1.165) is 0 Å². The first-order valence-electron chi connectivity index (χ1n) is 3.77. The minimum Gasteiger partial charge on any atom is -0.454 e. The number of ether oxygens (including phenoxy) is 1. The summed E-state index contributed by atoms with van der Waals surface area (Å²) >= 11 is 0. The molecule has 0 aliphatic heterocycles. The fraction of sp³-hybridized carbons (Fsp3) is 0.667. The van der Waals surface area contributed by atoms with Crippen molar-refractivity contribution in [2.75, 3.05) is 6.61 Å². The van der Waals surface area contributed by atoms with Gasteiger partial charge in [-0.15, -0.1) is 0 Å². The maximum atomic E-state index is 12.6. The van der Waals surface area contributed by atoms with E-state index in [-0.39, 0.29) is 6.29 Å². The standard InChI is InChI=1S/C6H8F2O7S/c7-6(8,16(12,13)14)5(11)15-4(3-10)1-2-9/h2,4,10H,1,3H2,(H,12,13,14). The van der Waals surface area contributed by atoms with E-state index in [9.17, 15) is 26.8 Å². The molecule has 1 atom stereocenters. The number of aliphatic hydroxyl groups is 1. The first-order valence-corrected chi connectivity index (χ1v) is 5.21. The first-order chi connectivity index (χ1) is 7.16. The van der Waals surface area contributed by atoms with Crippen LogP contribution in [0, 0.1) is 0 Å². The average Bonchev–Trinajstić information content (AvgIpc) is 2.15. The number of esters is 1. The fourth-order valence-corrected chi connectivity index (χ4v) is 0.851. The molecule has 0 amide bonds. The lowest BCUT2D eigenvalue weighted by atomic mass is 10.3. The number of aldehydes is 1. The Hall–Kier alpha value is -1.13. The van der Waals surface area contributed by atoms with Crippen molar-refractivity contribution in [3.63, 3.8) is 0 Å². The summed E-state index contributed by atoms with van der Waals surface area (Å²) in [6.07, 6.45) is -1.98. The summed E-state index contributed by atoms with van der Waals surface area (Å²) in [4.78, 5) is 20.6. The molecule has 0 heterocycles. The Bertz CT molecular complexity index is 363. The minimum atomic E-state index is -5.95. The summed E-state index contributed by atoms with van der Waals surface area (Å²) in [5.41, 5.74) is 0. The molecule has 0 aromatic carbocycles. The van der Waals surface area contributed by atoms with Gasteiger partial charge in [0.05, 0.1) is 6.61 Å². The second kappa shape index (κ2) is 5.27. The molecule has 0 aliphatic rings. The number of aliphatic hydroxyl groups excluding tert-OH is 1. The molecule has 0 fully saturated rings. The molecule has 0 radical (unpaired) electrons. The van der Waals surface area contributed by atoms with Crippen molar-refractivity contribution in [2.24, 2.45) is 0 Å². The Morgan fingerprint density at radius 1 is 1.50 bits per heavy atom. The summed E-state index contributed by atoms with van der Waals surface area (Å²) in [6, 6.07) is 0. The molecule has 94 valence electrons. The number of carbonyl (C=O) groups is 2. The monoisotopic (exact) mass is 262 g/mol. The van der Waals surface area contributed by atoms with E-state index in [1.165, 1.54) is 0 Å². The third kappa shape index (κ3) is 3.47. The van der Waals surface area contributed by atoms with E-state index in [0.29, 0.717) is 0 Å². The highest BCUT2D eigenvalue weighted by Crippen LogP contribution is 2.23. The van der Waals surface area contributed by atoms with Crippen molar-refractivity contribution < 1.29 is 41.2 Å². The van der Waals surface area contributed by atoms with Crippen LogP contribution in [0.4, 0.5) is 8.78 Å². The van der Waals surface area contributed by atoms with Crippen LogP contribution in [0.2, 0.25) is 0 Å². The molecule has 1 unspecified atom stereocenters. The van der Waals surface area contributed by atoms with Crippen LogP contribution in [0.1, 0.15) is 6.42 Å². The van der Waals surface area contributed by atoms with Gasteiger partial charge in [0.2, 0.25) is 0 Å². The van der Waals surface area contributed by atoms with Gasteiger partial charge in [-0.25, -0.2) is 4.79 Å². The zero-order valence-electron chi connectivity index (χ0n) is 7.67. The third-order valence-electron chi connectivity index (χ3n) is 1.40. The summed E-state index contributed by atoms with van der Waals surface area (Å²) in [7, 11) is -5.95. The molecule has 10 heteroatoms. The van der Waals surface area contributed by atoms with Crippen molar-refractivity contribution in [1.29, 1.82) is 0 Å². The second-order valence-electron chi connectivity index (χ2n) is 2.60. The highest BCUT2D eigenvalue weighted by molar-refractivity contribution is 7.87. The van der Waals surface area contributed by atoms with Crippen molar-refractivity contribution in [2.45, 2.75) is 17.8 Å². The van der Waals surface area contributed by atoms with Crippen LogP contribution in [-0.2, 0) is 24.4 Å². The van der Waals surface area contributed by atoms with E-state index in [1.54, 1.807) is 0 Å². The van der Waals surface area contributed by atoms with Gasteiger partial charge in [0, 0.05) is 6.42 Å². The lowest BCUT2D eigenvalue weighted by Gasteiger charge is -2.16. The fourth-order valence-electron chi connectivity index (χ4n) is 0.593. The summed E-state index contributed by atoms with van der Waals surface area (Å²) < 4.78 is 57.2. The molecule has 2 N–H and O–H groups in total. The zero-order valence-corrected chi connectivity index (χ0v) is 8.49. The first kappa shape index (κ1) is 14.9. The van der Waals surface area contributed by atoms with E-state index in [1.807, 2.05) is 0 Å². The Morgan fingerprint density at radius 2 is 2.00 bits per heavy atom. The SMILES string of the molecule is O=CCC(CO)OC(=O)C(F)(F)S(=O)(=O)O. The van der Waals surface area contributed by atoms with Gasteiger partial charge in [-0.05, 0) is 0 Å². The van der Waals surface area contributed by atoms with Gasteiger partial charge in [-0.3, -0.25) is 4.55 Å².